The summed E-state index contributed by atoms with van der Waals surface area (Å²) < 4.78 is 5.75. The number of aromatic nitrogens is 2. The lowest BCUT2D eigenvalue weighted by molar-refractivity contribution is 0.121. The summed E-state index contributed by atoms with van der Waals surface area (Å²) in [5.74, 6) is 1.52. The zero-order valence-electron chi connectivity index (χ0n) is 12.0. The van der Waals surface area contributed by atoms with Gasteiger partial charge >= 0.3 is 0 Å². The molecule has 1 aromatic carbocycles. The molecule has 0 amide bonds. The molecule has 0 saturated carbocycles. The van der Waals surface area contributed by atoms with Crippen molar-refractivity contribution in [2.45, 2.75) is 13.0 Å². The molecule has 1 fully saturated rings. The highest BCUT2D eigenvalue weighted by Crippen LogP contribution is 2.17. The summed E-state index contributed by atoms with van der Waals surface area (Å²) in [5.41, 5.74) is 1.31. The van der Waals surface area contributed by atoms with Gasteiger partial charge in [0.1, 0.15) is 5.82 Å². The van der Waals surface area contributed by atoms with Gasteiger partial charge in [0.25, 0.3) is 0 Å². The second kappa shape index (κ2) is 7.07. The topological polar surface area (TPSA) is 41.1 Å². The van der Waals surface area contributed by atoms with Crippen LogP contribution in [0.25, 0.3) is 0 Å². The summed E-state index contributed by atoms with van der Waals surface area (Å²) in [5, 5.41) is 0.787. The summed E-state index contributed by atoms with van der Waals surface area (Å²) in [7, 11) is 0. The van der Waals surface area contributed by atoms with Gasteiger partial charge in [0, 0.05) is 30.5 Å². The Morgan fingerprint density at radius 1 is 1.33 bits per heavy atom. The highest BCUT2D eigenvalue weighted by molar-refractivity contribution is 6.30. The van der Waals surface area contributed by atoms with Crippen molar-refractivity contribution in [2.24, 2.45) is 5.92 Å². The molecule has 1 aliphatic rings. The summed E-state index contributed by atoms with van der Waals surface area (Å²) in [6, 6.07) is 8.11. The van der Waals surface area contributed by atoms with E-state index >= 15 is 0 Å². The van der Waals surface area contributed by atoms with Crippen LogP contribution in [-0.4, -0.2) is 41.2 Å². The molecule has 21 heavy (non-hydrogen) atoms. The monoisotopic (exact) mass is 305 g/mol. The van der Waals surface area contributed by atoms with Gasteiger partial charge in [-0.1, -0.05) is 23.7 Å². The van der Waals surface area contributed by atoms with Crippen LogP contribution in [0, 0.1) is 5.92 Å². The largest absolute Gasteiger partial charge is 0.380 e. The average Bonchev–Trinajstić information content (AvgIpc) is 2.89. The van der Waals surface area contributed by atoms with Crippen LogP contribution in [-0.2, 0) is 17.7 Å². The van der Waals surface area contributed by atoms with E-state index in [0.29, 0.717) is 5.92 Å². The van der Waals surface area contributed by atoms with Crippen LogP contribution in [0.2, 0.25) is 5.02 Å². The van der Waals surface area contributed by atoms with E-state index in [4.69, 9.17) is 16.3 Å². The summed E-state index contributed by atoms with van der Waals surface area (Å²) in [6.07, 6.45) is 4.69. The number of halogens is 1. The van der Waals surface area contributed by atoms with Crippen LogP contribution in [0.1, 0.15) is 11.4 Å². The molecule has 0 spiro atoms. The Hall–Kier alpha value is -1.36. The number of hydrogen-bond donors (Lipinski definition) is 1. The highest BCUT2D eigenvalue weighted by Gasteiger charge is 2.19. The predicted octanol–water partition coefficient (Wildman–Crippen LogP) is 2.75. The van der Waals surface area contributed by atoms with E-state index in [0.717, 1.165) is 50.1 Å². The van der Waals surface area contributed by atoms with E-state index in [2.05, 4.69) is 27.0 Å². The Bertz CT molecular complexity index is 541. The first-order chi connectivity index (χ1) is 10.3. The van der Waals surface area contributed by atoms with Crippen LogP contribution in [0.3, 0.4) is 0 Å². The normalized spacial score (nSPS) is 20.3. The van der Waals surface area contributed by atoms with Crippen LogP contribution in [0.15, 0.2) is 36.7 Å². The van der Waals surface area contributed by atoms with Crippen molar-refractivity contribution in [1.82, 2.24) is 14.9 Å². The molecule has 1 aliphatic heterocycles. The van der Waals surface area contributed by atoms with Crippen molar-refractivity contribution in [2.75, 3.05) is 26.3 Å². The predicted molar refractivity (Wildman–Crippen MR) is 83.3 cm³/mol. The van der Waals surface area contributed by atoms with Crippen LogP contribution in [0.4, 0.5) is 0 Å². The lowest BCUT2D eigenvalue weighted by Crippen LogP contribution is -2.30. The molecule has 2 heterocycles. The van der Waals surface area contributed by atoms with Crippen molar-refractivity contribution in [1.29, 1.82) is 0 Å². The zero-order valence-corrected chi connectivity index (χ0v) is 12.7. The molecular weight excluding hydrogens is 286 g/mol. The third-order valence-electron chi connectivity index (χ3n) is 3.79. The molecular formula is C16H20ClN3O. The molecule has 1 aromatic heterocycles. The first-order valence-electron chi connectivity index (χ1n) is 7.32. The minimum atomic E-state index is 0.503. The number of ether oxygens (including phenoxy) is 1. The number of nitrogens with one attached hydrogen (secondary N) is 1. The van der Waals surface area contributed by atoms with Gasteiger partial charge in [-0.2, -0.15) is 0 Å². The molecule has 1 saturated heterocycles. The Balaban J connectivity index is 1.60. The van der Waals surface area contributed by atoms with E-state index in [1.54, 1.807) is 6.20 Å². The molecule has 3 rings (SSSR count). The lowest BCUT2D eigenvalue weighted by Gasteiger charge is -2.22. The Kier molecular flexibility index (Phi) is 4.91. The highest BCUT2D eigenvalue weighted by atomic mass is 35.5. The molecule has 2 aromatic rings. The number of hydrogen-bond acceptors (Lipinski definition) is 3. The minimum absolute atomic E-state index is 0.503. The number of benzene rings is 1. The zero-order chi connectivity index (χ0) is 14.5. The number of nitrogens with zero attached hydrogens (tertiary/aromatic N) is 2. The van der Waals surface area contributed by atoms with Gasteiger partial charge < -0.3 is 9.72 Å². The summed E-state index contributed by atoms with van der Waals surface area (Å²) >= 11 is 5.94. The Labute approximate surface area is 130 Å². The van der Waals surface area contributed by atoms with Crippen molar-refractivity contribution in [3.05, 3.63) is 53.1 Å². The molecule has 0 radical (unpaired) electrons. The first-order valence-corrected chi connectivity index (χ1v) is 7.70. The van der Waals surface area contributed by atoms with Gasteiger partial charge in [-0.25, -0.2) is 4.98 Å². The fourth-order valence-electron chi connectivity index (χ4n) is 2.77. The molecule has 0 bridgehead atoms. The van der Waals surface area contributed by atoms with E-state index in [1.165, 1.54) is 5.56 Å². The maximum atomic E-state index is 5.94. The van der Waals surface area contributed by atoms with Gasteiger partial charge in [0.2, 0.25) is 0 Å². The third kappa shape index (κ3) is 4.30. The van der Waals surface area contributed by atoms with Gasteiger partial charge in [0.05, 0.1) is 19.8 Å². The first kappa shape index (κ1) is 14.6. The standard InChI is InChI=1S/C16H20ClN3O/c17-15-3-1-13(2-4-15)9-14-10-20(7-8-21-12-14)11-16-18-5-6-19-16/h1-6,14H,7-12H2,(H,18,19). The molecule has 112 valence electrons. The molecule has 5 heteroatoms. The van der Waals surface area contributed by atoms with Gasteiger partial charge in [-0.05, 0) is 30.0 Å². The maximum Gasteiger partial charge on any atom is 0.120 e. The second-order valence-corrected chi connectivity index (χ2v) is 5.98. The molecule has 1 unspecified atom stereocenters. The van der Waals surface area contributed by atoms with E-state index in [1.807, 2.05) is 18.3 Å². The number of aromatic amines is 1. The van der Waals surface area contributed by atoms with Crippen molar-refractivity contribution in [3.63, 3.8) is 0 Å². The van der Waals surface area contributed by atoms with Gasteiger partial charge in [-0.15, -0.1) is 0 Å². The molecule has 1 N–H and O–H groups in total. The lowest BCUT2D eigenvalue weighted by atomic mass is 9.99. The van der Waals surface area contributed by atoms with E-state index in [9.17, 15) is 0 Å². The van der Waals surface area contributed by atoms with Gasteiger partial charge in [0.15, 0.2) is 0 Å². The maximum absolute atomic E-state index is 5.94. The second-order valence-electron chi connectivity index (χ2n) is 5.54. The summed E-state index contributed by atoms with van der Waals surface area (Å²) in [6.45, 7) is 4.45. The fraction of sp³-hybridized carbons (Fsp3) is 0.438. The molecule has 4 nitrogen and oxygen atoms in total. The third-order valence-corrected chi connectivity index (χ3v) is 4.04. The molecule has 1 atom stereocenters. The quantitative estimate of drug-likeness (QED) is 0.944. The summed E-state index contributed by atoms with van der Waals surface area (Å²) in [4.78, 5) is 9.88. The van der Waals surface area contributed by atoms with Crippen LogP contribution >= 0.6 is 11.6 Å². The Morgan fingerprint density at radius 2 is 2.19 bits per heavy atom. The van der Waals surface area contributed by atoms with Gasteiger partial charge in [-0.3, -0.25) is 4.90 Å². The number of H-pyrrole nitrogens is 1. The van der Waals surface area contributed by atoms with Crippen LogP contribution in [0.5, 0.6) is 0 Å². The molecule has 0 aliphatic carbocycles. The number of rotatable bonds is 4. The van der Waals surface area contributed by atoms with Crippen LogP contribution < -0.4 is 0 Å². The van der Waals surface area contributed by atoms with E-state index < -0.39 is 0 Å². The Morgan fingerprint density at radius 3 is 2.95 bits per heavy atom. The average molecular weight is 306 g/mol. The SMILES string of the molecule is Clc1ccc(CC2COCCN(Cc3ncc[nH]3)C2)cc1. The van der Waals surface area contributed by atoms with Crippen molar-refractivity contribution >= 4 is 11.6 Å². The number of imidazole rings is 1. The van der Waals surface area contributed by atoms with E-state index in [-0.39, 0.29) is 0 Å². The van der Waals surface area contributed by atoms with Crippen molar-refractivity contribution < 1.29 is 4.74 Å². The smallest absolute Gasteiger partial charge is 0.120 e. The minimum Gasteiger partial charge on any atom is -0.380 e. The fourth-order valence-corrected chi connectivity index (χ4v) is 2.90. The van der Waals surface area contributed by atoms with Crippen molar-refractivity contribution in [3.8, 4) is 0 Å².